The number of aromatic nitrogens is 2. The third-order valence-electron chi connectivity index (χ3n) is 3.44. The molecule has 122 valence electrons. The molecule has 1 aromatic carbocycles. The highest BCUT2D eigenvalue weighted by Crippen LogP contribution is 2.30. The lowest BCUT2D eigenvalue weighted by Crippen LogP contribution is -2.25. The third kappa shape index (κ3) is 5.84. The molecule has 23 heavy (non-hydrogen) atoms. The smallest absolute Gasteiger partial charge is 0.220 e. The number of carbonyl (C=O) groups is 1. The van der Waals surface area contributed by atoms with Gasteiger partial charge < -0.3 is 10.6 Å². The Bertz CT molecular complexity index is 628. The minimum Gasteiger partial charge on any atom is -0.357 e. The first-order valence-corrected chi connectivity index (χ1v) is 9.63. The fourth-order valence-electron chi connectivity index (χ4n) is 2.04. The van der Waals surface area contributed by atoms with Gasteiger partial charge in [-0.15, -0.1) is 10.2 Å². The normalized spacial score (nSPS) is 13.7. The molecule has 1 aliphatic rings. The average molecular weight is 348 g/mol. The van der Waals surface area contributed by atoms with Crippen LogP contribution in [0.15, 0.2) is 34.7 Å². The third-order valence-corrected chi connectivity index (χ3v) is 5.43. The Kier molecular flexibility index (Phi) is 5.87. The highest BCUT2D eigenvalue weighted by Gasteiger charge is 2.22. The minimum atomic E-state index is 0.0919. The van der Waals surface area contributed by atoms with Crippen LogP contribution in [0.5, 0.6) is 0 Å². The molecule has 1 fully saturated rings. The first kappa shape index (κ1) is 16.3. The Hall–Kier alpha value is -1.60. The van der Waals surface area contributed by atoms with Gasteiger partial charge in [-0.25, -0.2) is 0 Å². The van der Waals surface area contributed by atoms with Gasteiger partial charge in [-0.1, -0.05) is 53.4 Å². The summed E-state index contributed by atoms with van der Waals surface area (Å²) in [5, 5.41) is 15.4. The van der Waals surface area contributed by atoms with E-state index in [9.17, 15) is 4.79 Å². The Morgan fingerprint density at radius 2 is 2.09 bits per heavy atom. The van der Waals surface area contributed by atoms with E-state index in [1.54, 1.807) is 23.1 Å². The Morgan fingerprint density at radius 1 is 1.26 bits per heavy atom. The molecule has 0 bridgehead atoms. The van der Waals surface area contributed by atoms with Crippen molar-refractivity contribution in [2.45, 2.75) is 36.1 Å². The number of benzene rings is 1. The quantitative estimate of drug-likeness (QED) is 0.682. The molecule has 0 radical (unpaired) electrons. The van der Waals surface area contributed by atoms with Crippen LogP contribution >= 0.6 is 23.1 Å². The van der Waals surface area contributed by atoms with Gasteiger partial charge in [-0.2, -0.15) is 0 Å². The van der Waals surface area contributed by atoms with Crippen LogP contribution in [0, 0.1) is 0 Å². The summed E-state index contributed by atoms with van der Waals surface area (Å²) in [4.78, 5) is 11.8. The maximum Gasteiger partial charge on any atom is 0.220 e. The molecule has 0 saturated heterocycles. The monoisotopic (exact) mass is 348 g/mol. The zero-order valence-electron chi connectivity index (χ0n) is 12.8. The molecule has 2 N–H and O–H groups in total. The SMILES string of the molecule is O=C(CCSc1nnc(NC2CC2)s1)NCCc1ccccc1. The summed E-state index contributed by atoms with van der Waals surface area (Å²) in [5.74, 6) is 0.823. The van der Waals surface area contributed by atoms with Crippen molar-refractivity contribution in [2.75, 3.05) is 17.6 Å². The van der Waals surface area contributed by atoms with Gasteiger partial charge in [-0.05, 0) is 24.8 Å². The van der Waals surface area contributed by atoms with E-state index in [-0.39, 0.29) is 5.91 Å². The Balaban J connectivity index is 1.29. The first-order valence-electron chi connectivity index (χ1n) is 7.83. The molecule has 5 nitrogen and oxygen atoms in total. The van der Waals surface area contributed by atoms with Gasteiger partial charge in [0.1, 0.15) is 0 Å². The van der Waals surface area contributed by atoms with E-state index in [1.165, 1.54) is 18.4 Å². The van der Waals surface area contributed by atoms with Crippen molar-refractivity contribution in [1.82, 2.24) is 15.5 Å². The lowest BCUT2D eigenvalue weighted by Gasteiger charge is -2.04. The van der Waals surface area contributed by atoms with Gasteiger partial charge in [0.25, 0.3) is 0 Å². The van der Waals surface area contributed by atoms with Gasteiger partial charge in [0, 0.05) is 24.8 Å². The molecule has 1 saturated carbocycles. The maximum absolute atomic E-state index is 11.8. The molecule has 1 aliphatic carbocycles. The minimum absolute atomic E-state index is 0.0919. The van der Waals surface area contributed by atoms with Gasteiger partial charge in [0.2, 0.25) is 11.0 Å². The molecular weight excluding hydrogens is 328 g/mol. The Morgan fingerprint density at radius 3 is 2.87 bits per heavy atom. The number of nitrogens with zero attached hydrogens (tertiary/aromatic N) is 2. The maximum atomic E-state index is 11.8. The summed E-state index contributed by atoms with van der Waals surface area (Å²) in [6, 6.07) is 10.8. The summed E-state index contributed by atoms with van der Waals surface area (Å²) in [6.45, 7) is 0.682. The largest absolute Gasteiger partial charge is 0.357 e. The predicted octanol–water partition coefficient (Wildman–Crippen LogP) is 2.95. The summed E-state index contributed by atoms with van der Waals surface area (Å²) in [6.07, 6.45) is 3.83. The number of rotatable bonds is 9. The van der Waals surface area contributed by atoms with Crippen LogP contribution in [0.4, 0.5) is 5.13 Å². The molecule has 0 spiro atoms. The standard InChI is InChI=1S/C16H20N4OS2/c21-14(17-10-8-12-4-2-1-3-5-12)9-11-22-16-20-19-15(23-16)18-13-6-7-13/h1-5,13H,6-11H2,(H,17,21)(H,18,19). The molecule has 0 atom stereocenters. The van der Waals surface area contributed by atoms with Gasteiger partial charge >= 0.3 is 0 Å². The van der Waals surface area contributed by atoms with E-state index in [2.05, 4.69) is 33.0 Å². The lowest BCUT2D eigenvalue weighted by atomic mass is 10.1. The molecule has 1 amide bonds. The second-order valence-corrected chi connectivity index (χ2v) is 7.80. The molecular formula is C16H20N4OS2. The second-order valence-electron chi connectivity index (χ2n) is 5.48. The van der Waals surface area contributed by atoms with Crippen molar-refractivity contribution < 1.29 is 4.79 Å². The number of amides is 1. The number of thioether (sulfide) groups is 1. The highest BCUT2D eigenvalue weighted by atomic mass is 32.2. The van der Waals surface area contributed by atoms with E-state index in [0.29, 0.717) is 19.0 Å². The second kappa shape index (κ2) is 8.31. The zero-order chi connectivity index (χ0) is 15.9. The van der Waals surface area contributed by atoms with Crippen LogP contribution in [-0.2, 0) is 11.2 Å². The van der Waals surface area contributed by atoms with Crippen molar-refractivity contribution in [1.29, 1.82) is 0 Å². The van der Waals surface area contributed by atoms with Crippen LogP contribution in [-0.4, -0.2) is 34.4 Å². The molecule has 1 aromatic heterocycles. The van der Waals surface area contributed by atoms with Crippen molar-refractivity contribution in [3.63, 3.8) is 0 Å². The number of nitrogens with one attached hydrogen (secondary N) is 2. The van der Waals surface area contributed by atoms with Crippen molar-refractivity contribution in [2.24, 2.45) is 0 Å². The summed E-state index contributed by atoms with van der Waals surface area (Å²) < 4.78 is 0.922. The summed E-state index contributed by atoms with van der Waals surface area (Å²) >= 11 is 3.16. The van der Waals surface area contributed by atoms with E-state index in [0.717, 1.165) is 21.6 Å². The molecule has 7 heteroatoms. The first-order chi connectivity index (χ1) is 11.3. The molecule has 0 aliphatic heterocycles. The van der Waals surface area contributed by atoms with Crippen LogP contribution in [0.25, 0.3) is 0 Å². The van der Waals surface area contributed by atoms with Crippen LogP contribution in [0.1, 0.15) is 24.8 Å². The predicted molar refractivity (Wildman–Crippen MR) is 95.1 cm³/mol. The molecule has 0 unspecified atom stereocenters. The van der Waals surface area contributed by atoms with E-state index in [4.69, 9.17) is 0 Å². The number of hydrogen-bond acceptors (Lipinski definition) is 6. The van der Waals surface area contributed by atoms with E-state index < -0.39 is 0 Å². The molecule has 2 aromatic rings. The molecule has 1 heterocycles. The Labute approximate surface area is 144 Å². The summed E-state index contributed by atoms with van der Waals surface area (Å²) in [5.41, 5.74) is 1.24. The summed E-state index contributed by atoms with van der Waals surface area (Å²) in [7, 11) is 0. The van der Waals surface area contributed by atoms with E-state index >= 15 is 0 Å². The average Bonchev–Trinajstić information content (AvgIpc) is 3.26. The highest BCUT2D eigenvalue weighted by molar-refractivity contribution is 8.01. The zero-order valence-corrected chi connectivity index (χ0v) is 14.5. The van der Waals surface area contributed by atoms with Crippen LogP contribution in [0.2, 0.25) is 0 Å². The number of carbonyl (C=O) groups excluding carboxylic acids is 1. The van der Waals surface area contributed by atoms with Crippen LogP contribution in [0.3, 0.4) is 0 Å². The van der Waals surface area contributed by atoms with Crippen molar-refractivity contribution >= 4 is 34.1 Å². The topological polar surface area (TPSA) is 66.9 Å². The molecule has 3 rings (SSSR count). The number of anilines is 1. The van der Waals surface area contributed by atoms with Gasteiger partial charge in [0.15, 0.2) is 4.34 Å². The van der Waals surface area contributed by atoms with Gasteiger partial charge in [-0.3, -0.25) is 4.79 Å². The number of hydrogen-bond donors (Lipinski definition) is 2. The fourth-order valence-corrected chi connectivity index (χ4v) is 3.88. The van der Waals surface area contributed by atoms with Gasteiger partial charge in [0.05, 0.1) is 0 Å². The lowest BCUT2D eigenvalue weighted by molar-refractivity contribution is -0.120. The van der Waals surface area contributed by atoms with Crippen molar-refractivity contribution in [3.05, 3.63) is 35.9 Å². The van der Waals surface area contributed by atoms with Crippen molar-refractivity contribution in [3.8, 4) is 0 Å². The van der Waals surface area contributed by atoms with E-state index in [1.807, 2.05) is 18.2 Å². The van der Waals surface area contributed by atoms with Crippen LogP contribution < -0.4 is 10.6 Å². The fraction of sp³-hybridized carbons (Fsp3) is 0.438.